The largest absolute Gasteiger partial charge is 0.480 e. The van der Waals surface area contributed by atoms with Crippen LogP contribution in [0.15, 0.2) is 0 Å². The molecule has 0 aromatic carbocycles. The minimum absolute atomic E-state index is 0.0695. The molecule has 1 saturated heterocycles. The van der Waals surface area contributed by atoms with Gasteiger partial charge < -0.3 is 42.3 Å². The molecule has 0 saturated carbocycles. The number of aliphatic carboxylic acids is 3. The molecule has 1 aliphatic heterocycles. The van der Waals surface area contributed by atoms with E-state index in [9.17, 15) is 53.7 Å². The van der Waals surface area contributed by atoms with E-state index < -0.39 is 66.5 Å². The Balaban J connectivity index is 0. The lowest BCUT2D eigenvalue weighted by Crippen LogP contribution is -2.51. The number of carbonyl (C=O) groups is 8. The number of primary amides is 1. The molecule has 1 unspecified atom stereocenters. The Kier molecular flexibility index (Phi) is 29.8. The molecule has 0 aromatic rings. The zero-order valence-electron chi connectivity index (χ0n) is 32.0. The number of amides is 5. The third-order valence-corrected chi connectivity index (χ3v) is 7.38. The van der Waals surface area contributed by atoms with Crippen molar-refractivity contribution in [3.8, 4) is 0 Å². The second-order valence-electron chi connectivity index (χ2n) is 11.6. The normalized spacial score (nSPS) is 15.3. The van der Waals surface area contributed by atoms with Crippen LogP contribution in [-0.2, 0) is 38.4 Å². The highest BCUT2D eigenvalue weighted by Gasteiger charge is 2.24. The first kappa shape index (κ1) is 50.7. The molecule has 1 aliphatic rings. The number of nitrogens with zero attached hydrogens (tertiary/aromatic N) is 4. The van der Waals surface area contributed by atoms with Crippen molar-refractivity contribution in [2.24, 2.45) is 5.73 Å². The van der Waals surface area contributed by atoms with E-state index in [2.05, 4.69) is 21.3 Å². The summed E-state index contributed by atoms with van der Waals surface area (Å²) in [5, 5.41) is 38.0. The molecule has 5 amide bonds. The predicted octanol–water partition coefficient (Wildman–Crippen LogP) is -2.59. The van der Waals surface area contributed by atoms with Crippen molar-refractivity contribution < 1.29 is 53.7 Å². The van der Waals surface area contributed by atoms with Crippen molar-refractivity contribution in [2.45, 2.75) is 66.3 Å². The number of carboxylic acids is 3. The van der Waals surface area contributed by atoms with Gasteiger partial charge in [0.2, 0.25) is 29.5 Å². The summed E-state index contributed by atoms with van der Waals surface area (Å²) in [7, 11) is 0. The lowest BCUT2D eigenvalue weighted by molar-refractivity contribution is -0.140. The SMILES string of the molecule is CC.CC.CCCCNC(=O)C(CC(N)=O)NC(=O)CNC(=O)CCNC(=O)CN1CCN(CC(=O)O)CCN(CC(=O)O)CCN(CC(=O)O)CC1. The molecule has 1 atom stereocenters. The number of nitrogens with one attached hydrogen (secondary N) is 4. The number of carbonyl (C=O) groups excluding carboxylic acids is 5. The molecule has 20 nitrogen and oxygen atoms in total. The van der Waals surface area contributed by atoms with Crippen LogP contribution < -0.4 is 27.0 Å². The van der Waals surface area contributed by atoms with Crippen LogP contribution in [0.4, 0.5) is 0 Å². The van der Waals surface area contributed by atoms with E-state index in [0.717, 1.165) is 6.42 Å². The molecule has 0 radical (unpaired) electrons. The van der Waals surface area contributed by atoms with Crippen LogP contribution in [0.3, 0.4) is 0 Å². The maximum atomic E-state index is 12.8. The minimum atomic E-state index is -1.19. The van der Waals surface area contributed by atoms with Gasteiger partial charge in [-0.2, -0.15) is 0 Å². The Morgan fingerprint density at radius 2 is 1.00 bits per heavy atom. The van der Waals surface area contributed by atoms with E-state index in [1.54, 1.807) is 19.6 Å². The van der Waals surface area contributed by atoms with Crippen molar-refractivity contribution in [2.75, 3.05) is 98.2 Å². The van der Waals surface area contributed by atoms with Gasteiger partial charge in [0.05, 0.1) is 39.1 Å². The standard InChI is InChI=1S/C29H51N9O11.2C2H6/c1-2-3-5-32-29(49)21(15-22(30)39)34-24(41)16-33-23(40)4-6-31-25(42)17-35-7-9-36(18-26(43)44)11-13-38(20-28(47)48)14-12-37(10-8-35)19-27(45)46;2*1-2/h21H,2-20H2,1H3,(H2,30,39)(H,31,42)(H,32,49)(H,33,40)(H,34,41)(H,43,44)(H,45,46)(H,47,48);2*1-2H3. The van der Waals surface area contributed by atoms with Crippen LogP contribution in [0.5, 0.6) is 0 Å². The Labute approximate surface area is 312 Å². The van der Waals surface area contributed by atoms with Gasteiger partial charge in [-0.15, -0.1) is 0 Å². The van der Waals surface area contributed by atoms with Crippen LogP contribution in [0, 0.1) is 0 Å². The quantitative estimate of drug-likeness (QED) is 0.0591. The number of nitrogens with two attached hydrogens (primary N) is 1. The summed E-state index contributed by atoms with van der Waals surface area (Å²) in [5.74, 6) is -6.27. The molecule has 0 spiro atoms. The highest BCUT2D eigenvalue weighted by Crippen LogP contribution is 2.02. The summed E-state index contributed by atoms with van der Waals surface area (Å²) >= 11 is 0. The molecule has 20 heteroatoms. The van der Waals surface area contributed by atoms with E-state index in [0.29, 0.717) is 13.0 Å². The third-order valence-electron chi connectivity index (χ3n) is 7.38. The van der Waals surface area contributed by atoms with Gasteiger partial charge in [0.15, 0.2) is 0 Å². The van der Waals surface area contributed by atoms with E-state index >= 15 is 0 Å². The van der Waals surface area contributed by atoms with Gasteiger partial charge in [0, 0.05) is 71.9 Å². The van der Waals surface area contributed by atoms with Crippen molar-refractivity contribution in [3.05, 3.63) is 0 Å². The number of unbranched alkanes of at least 4 members (excludes halogenated alkanes) is 1. The lowest BCUT2D eigenvalue weighted by atomic mass is 10.1. The summed E-state index contributed by atoms with van der Waals surface area (Å²) in [5.41, 5.74) is 5.18. The third kappa shape index (κ3) is 27.9. The van der Waals surface area contributed by atoms with E-state index in [1.807, 2.05) is 34.6 Å². The van der Waals surface area contributed by atoms with Gasteiger partial charge in [-0.25, -0.2) is 0 Å². The van der Waals surface area contributed by atoms with Crippen LogP contribution in [0.25, 0.3) is 0 Å². The monoisotopic (exact) mass is 761 g/mol. The predicted molar refractivity (Wildman–Crippen MR) is 196 cm³/mol. The zero-order chi connectivity index (χ0) is 40.8. The number of hydrogen-bond donors (Lipinski definition) is 8. The van der Waals surface area contributed by atoms with Crippen LogP contribution >= 0.6 is 0 Å². The molecule has 9 N–H and O–H groups in total. The molecule has 53 heavy (non-hydrogen) atoms. The molecular weight excluding hydrogens is 698 g/mol. The molecule has 1 fully saturated rings. The maximum absolute atomic E-state index is 12.8. The smallest absolute Gasteiger partial charge is 0.317 e. The maximum Gasteiger partial charge on any atom is 0.317 e. The van der Waals surface area contributed by atoms with Gasteiger partial charge in [0.25, 0.3) is 0 Å². The average Bonchev–Trinajstić information content (AvgIpc) is 3.09. The number of rotatable bonds is 20. The minimum Gasteiger partial charge on any atom is -0.480 e. The van der Waals surface area contributed by atoms with Gasteiger partial charge in [-0.1, -0.05) is 41.0 Å². The molecule has 0 aliphatic carbocycles. The van der Waals surface area contributed by atoms with Gasteiger partial charge in [-0.05, 0) is 6.42 Å². The average molecular weight is 762 g/mol. The first-order chi connectivity index (χ1) is 25.2. The molecule has 1 rings (SSSR count). The van der Waals surface area contributed by atoms with Crippen LogP contribution in [0.2, 0.25) is 0 Å². The number of hydrogen-bond acceptors (Lipinski definition) is 12. The van der Waals surface area contributed by atoms with E-state index in [1.165, 1.54) is 0 Å². The Morgan fingerprint density at radius 1 is 0.585 bits per heavy atom. The molecule has 1 heterocycles. The Hall–Kier alpha value is -4.40. The molecule has 0 aromatic heterocycles. The molecule has 306 valence electrons. The van der Waals surface area contributed by atoms with E-state index in [-0.39, 0.29) is 91.5 Å². The van der Waals surface area contributed by atoms with Crippen molar-refractivity contribution in [1.82, 2.24) is 40.9 Å². The molecule has 0 bridgehead atoms. The lowest BCUT2D eigenvalue weighted by Gasteiger charge is -2.32. The summed E-state index contributed by atoms with van der Waals surface area (Å²) in [6.45, 7) is 10.7. The highest BCUT2D eigenvalue weighted by molar-refractivity contribution is 5.93. The van der Waals surface area contributed by atoms with E-state index in [4.69, 9.17) is 5.73 Å². The second-order valence-corrected chi connectivity index (χ2v) is 11.6. The van der Waals surface area contributed by atoms with Crippen LogP contribution in [-0.4, -0.2) is 187 Å². The summed E-state index contributed by atoms with van der Waals surface area (Å²) in [4.78, 5) is 102. The topological polar surface area (TPSA) is 284 Å². The Bertz CT molecular complexity index is 1110. The summed E-state index contributed by atoms with van der Waals surface area (Å²) in [6.07, 6.45) is 0.950. The fraction of sp³-hybridized carbons (Fsp3) is 0.758. The highest BCUT2D eigenvalue weighted by atomic mass is 16.4. The van der Waals surface area contributed by atoms with Crippen molar-refractivity contribution in [1.29, 1.82) is 0 Å². The zero-order valence-corrected chi connectivity index (χ0v) is 32.0. The summed E-state index contributed by atoms with van der Waals surface area (Å²) in [6, 6.07) is -1.19. The molecular formula is C33H63N9O11. The van der Waals surface area contributed by atoms with Gasteiger partial charge in [0.1, 0.15) is 6.04 Å². The van der Waals surface area contributed by atoms with Gasteiger partial charge in [-0.3, -0.25) is 58.0 Å². The number of carboxylic acid groups (broad SMARTS) is 3. The van der Waals surface area contributed by atoms with Crippen molar-refractivity contribution >= 4 is 47.4 Å². The fourth-order valence-corrected chi connectivity index (χ4v) is 4.79. The Morgan fingerprint density at radius 3 is 1.38 bits per heavy atom. The first-order valence-corrected chi connectivity index (χ1v) is 18.1. The summed E-state index contributed by atoms with van der Waals surface area (Å²) < 4.78 is 0. The van der Waals surface area contributed by atoms with Crippen LogP contribution in [0.1, 0.15) is 60.3 Å². The van der Waals surface area contributed by atoms with Crippen molar-refractivity contribution in [3.63, 3.8) is 0 Å². The fourth-order valence-electron chi connectivity index (χ4n) is 4.79. The first-order valence-electron chi connectivity index (χ1n) is 18.1. The second kappa shape index (κ2) is 31.2. The van der Waals surface area contributed by atoms with Gasteiger partial charge >= 0.3 is 17.9 Å².